The number of hydrogen-bond donors (Lipinski definition) is 3. The lowest BCUT2D eigenvalue weighted by Gasteiger charge is -2.31. The third-order valence-corrected chi connectivity index (χ3v) is 5.30. The Morgan fingerprint density at radius 3 is 2.29 bits per heavy atom. The zero-order valence-corrected chi connectivity index (χ0v) is 19.5. The monoisotopic (exact) mass is 489 g/mol. The lowest BCUT2D eigenvalue weighted by molar-refractivity contribution is 0.0824. The van der Waals surface area contributed by atoms with Crippen LogP contribution in [-0.4, -0.2) is 30.0 Å². The summed E-state index contributed by atoms with van der Waals surface area (Å²) in [4.78, 5) is 38.2. The van der Waals surface area contributed by atoms with E-state index in [1.807, 2.05) is 20.8 Å². The van der Waals surface area contributed by atoms with Crippen molar-refractivity contribution in [2.75, 3.05) is 24.7 Å². The van der Waals surface area contributed by atoms with Crippen LogP contribution in [0.15, 0.2) is 49.0 Å². The Labute approximate surface area is 187 Å². The van der Waals surface area contributed by atoms with Crippen molar-refractivity contribution in [1.82, 2.24) is 4.90 Å². The Morgan fingerprint density at radius 2 is 1.74 bits per heavy atom. The van der Waals surface area contributed by atoms with Crippen molar-refractivity contribution in [2.24, 2.45) is 5.41 Å². The smallest absolute Gasteiger partial charge is 0.257 e. The predicted molar refractivity (Wildman–Crippen MR) is 123 cm³/mol. The zero-order valence-electron chi connectivity index (χ0n) is 17.9. The normalized spacial score (nSPS) is 12.6. The van der Waals surface area contributed by atoms with Gasteiger partial charge in [0.25, 0.3) is 16.8 Å². The van der Waals surface area contributed by atoms with Gasteiger partial charge in [0.1, 0.15) is 17.1 Å². The second-order valence-electron chi connectivity index (χ2n) is 8.52. The number of benzene rings is 1. The maximum atomic E-state index is 12.3. The highest BCUT2D eigenvalue weighted by Crippen LogP contribution is 2.39. The van der Waals surface area contributed by atoms with Crippen LogP contribution in [0.1, 0.15) is 42.9 Å². The molecule has 0 spiro atoms. The molecule has 1 aromatic heterocycles. The van der Waals surface area contributed by atoms with Crippen molar-refractivity contribution in [2.45, 2.75) is 26.8 Å². The second kappa shape index (κ2) is 8.22. The average molecular weight is 490 g/mol. The van der Waals surface area contributed by atoms with Gasteiger partial charge in [-0.3, -0.25) is 14.4 Å². The summed E-state index contributed by atoms with van der Waals surface area (Å²) in [5, 5.41) is 16.5. The summed E-state index contributed by atoms with van der Waals surface area (Å²) < 4.78 is 6.22. The summed E-state index contributed by atoms with van der Waals surface area (Å²) in [5.41, 5.74) is -1.38. The highest BCUT2D eigenvalue weighted by Gasteiger charge is 2.33. The first kappa shape index (κ1) is 22.6. The molecule has 3 aromatic rings. The molecule has 0 aliphatic rings. The summed E-state index contributed by atoms with van der Waals surface area (Å²) in [6.07, 6.45) is 0. The van der Waals surface area contributed by atoms with Gasteiger partial charge in [-0.2, -0.15) is 0 Å². The van der Waals surface area contributed by atoms with Crippen molar-refractivity contribution in [3.63, 3.8) is 0 Å². The molecular formula is C22H24BrN3O5. The molecule has 164 valence electrons. The maximum absolute atomic E-state index is 12.3. The van der Waals surface area contributed by atoms with Gasteiger partial charge in [-0.05, 0) is 45.6 Å². The zero-order chi connectivity index (χ0) is 23.1. The van der Waals surface area contributed by atoms with Gasteiger partial charge in [0.05, 0.1) is 17.3 Å². The van der Waals surface area contributed by atoms with Crippen molar-refractivity contribution >= 4 is 38.9 Å². The molecule has 31 heavy (non-hydrogen) atoms. The van der Waals surface area contributed by atoms with Gasteiger partial charge >= 0.3 is 0 Å². The van der Waals surface area contributed by atoms with Crippen LogP contribution in [0.25, 0.3) is 0 Å². The Bertz CT molecular complexity index is 1200. The minimum atomic E-state index is -0.709. The van der Waals surface area contributed by atoms with Crippen LogP contribution in [-0.2, 0) is 0 Å². The number of carbonyl (C=O) groups is 1. The molecule has 1 heterocycles. The average Bonchev–Trinajstić information content (AvgIpc) is 3.12. The fraction of sp³-hybridized carbons (Fsp3) is 0.318. The van der Waals surface area contributed by atoms with Gasteiger partial charge in [-0.1, -0.05) is 26.8 Å². The number of nitrogens with zero attached hydrogens (tertiary/aromatic N) is 1. The molecule has 0 fully saturated rings. The van der Waals surface area contributed by atoms with E-state index in [-0.39, 0.29) is 39.7 Å². The number of phenolic OH excluding ortho intramolecular Hbond substituents is 1. The molecule has 9 heteroatoms. The third-order valence-electron chi connectivity index (χ3n) is 4.88. The molecule has 2 aromatic carbocycles. The minimum absolute atomic E-state index is 0.0228. The van der Waals surface area contributed by atoms with Crippen LogP contribution < -0.4 is 21.5 Å². The summed E-state index contributed by atoms with van der Waals surface area (Å²) in [6, 6.07) is 7.71. The van der Waals surface area contributed by atoms with E-state index in [2.05, 4.69) is 26.6 Å². The fourth-order valence-electron chi connectivity index (χ4n) is 3.18. The van der Waals surface area contributed by atoms with Crippen molar-refractivity contribution in [3.05, 3.63) is 66.8 Å². The van der Waals surface area contributed by atoms with Gasteiger partial charge < -0.3 is 25.1 Å². The molecule has 3 N–H and O–H groups in total. The van der Waals surface area contributed by atoms with Gasteiger partial charge in [0.2, 0.25) is 0 Å². The fourth-order valence-corrected chi connectivity index (χ4v) is 3.50. The van der Waals surface area contributed by atoms with Crippen molar-refractivity contribution in [3.8, 4) is 5.75 Å². The Morgan fingerprint density at radius 1 is 1.10 bits per heavy atom. The number of halogens is 1. The van der Waals surface area contributed by atoms with Gasteiger partial charge in [-0.25, -0.2) is 0 Å². The van der Waals surface area contributed by atoms with E-state index in [0.29, 0.717) is 10.4 Å². The number of carbonyl (C=O) groups excluding carboxylic acids is 1. The number of furan rings is 1. The molecule has 0 saturated carbocycles. The number of amides is 1. The lowest BCUT2D eigenvalue weighted by Crippen LogP contribution is -2.39. The predicted octanol–water partition coefficient (Wildman–Crippen LogP) is 3.99. The molecule has 1 unspecified atom stereocenters. The topological polar surface area (TPSA) is 112 Å². The highest BCUT2D eigenvalue weighted by atomic mass is 79.9. The highest BCUT2D eigenvalue weighted by molar-refractivity contribution is 9.10. The van der Waals surface area contributed by atoms with E-state index >= 15 is 0 Å². The van der Waals surface area contributed by atoms with Crippen LogP contribution in [0.3, 0.4) is 0 Å². The number of nitrogens with one attached hydrogen (secondary N) is 2. The largest absolute Gasteiger partial charge is 0.505 e. The summed E-state index contributed by atoms with van der Waals surface area (Å²) in [6.45, 7) is 5.92. The number of aromatic hydroxyl groups is 1. The summed E-state index contributed by atoms with van der Waals surface area (Å²) in [7, 11) is 3.14. The maximum Gasteiger partial charge on any atom is 0.257 e. The third kappa shape index (κ3) is 4.36. The van der Waals surface area contributed by atoms with E-state index in [1.54, 1.807) is 32.3 Å². The minimum Gasteiger partial charge on any atom is -0.505 e. The number of rotatable bonds is 6. The van der Waals surface area contributed by atoms with Crippen LogP contribution in [0.5, 0.6) is 5.75 Å². The van der Waals surface area contributed by atoms with Gasteiger partial charge in [0.15, 0.2) is 10.4 Å². The molecule has 8 nitrogen and oxygen atoms in total. The first-order valence-electron chi connectivity index (χ1n) is 9.57. The van der Waals surface area contributed by atoms with Crippen LogP contribution in [0.4, 0.5) is 17.1 Å². The van der Waals surface area contributed by atoms with Gasteiger partial charge in [-0.15, -0.1) is 0 Å². The number of para-hydroxylation sites is 1. The van der Waals surface area contributed by atoms with E-state index in [0.717, 1.165) is 0 Å². The summed E-state index contributed by atoms with van der Waals surface area (Å²) >= 11 is 3.28. The summed E-state index contributed by atoms with van der Waals surface area (Å²) in [5.74, 6) is -0.0944. The molecule has 0 radical (unpaired) electrons. The van der Waals surface area contributed by atoms with Crippen LogP contribution in [0.2, 0.25) is 0 Å². The molecule has 0 bridgehead atoms. The molecule has 0 saturated heterocycles. The van der Waals surface area contributed by atoms with Crippen LogP contribution in [0, 0.1) is 5.41 Å². The molecule has 1 amide bonds. The van der Waals surface area contributed by atoms with E-state index in [1.165, 1.54) is 17.0 Å². The first-order chi connectivity index (χ1) is 14.4. The number of anilines is 3. The van der Waals surface area contributed by atoms with E-state index in [4.69, 9.17) is 4.42 Å². The second-order valence-corrected chi connectivity index (χ2v) is 9.30. The molecule has 0 aliphatic heterocycles. The molecule has 0 aliphatic carbocycles. The Kier molecular flexibility index (Phi) is 6.00. The van der Waals surface area contributed by atoms with Crippen molar-refractivity contribution < 1.29 is 14.3 Å². The SMILES string of the molecule is CN(C)C(=O)c1cccc(Nc2c(NC(c3ccc(Br)o3)C(C)(C)C)c(=O)c2=O)c1O. The standard InChI is InChI=1S/C22H24BrN3O5/c1-22(2,3)20(13-9-10-14(23)31-13)25-16-15(18(28)19(16)29)24-12-8-6-7-11(17(12)27)21(30)26(4)5/h6-10,20,24-25,27H,1-5H3. The van der Waals surface area contributed by atoms with E-state index in [9.17, 15) is 19.5 Å². The number of phenols is 1. The van der Waals surface area contributed by atoms with Crippen LogP contribution >= 0.6 is 15.9 Å². The molecule has 3 rings (SSSR count). The quantitative estimate of drug-likeness (QED) is 0.354. The number of hydrogen-bond acceptors (Lipinski definition) is 7. The van der Waals surface area contributed by atoms with Crippen molar-refractivity contribution in [1.29, 1.82) is 0 Å². The molecule has 1 atom stereocenters. The van der Waals surface area contributed by atoms with E-state index < -0.39 is 16.9 Å². The molecular weight excluding hydrogens is 466 g/mol. The lowest BCUT2D eigenvalue weighted by atomic mass is 9.85. The van der Waals surface area contributed by atoms with Gasteiger partial charge in [0, 0.05) is 14.1 Å². The Hall–Kier alpha value is -3.07. The Balaban J connectivity index is 1.96. The first-order valence-corrected chi connectivity index (χ1v) is 10.4.